The van der Waals surface area contributed by atoms with Gasteiger partial charge in [0.15, 0.2) is 0 Å². The first kappa shape index (κ1) is 10.0. The van der Waals surface area contributed by atoms with Crippen LogP contribution in [0.1, 0.15) is 6.92 Å². The second kappa shape index (κ2) is 3.76. The molecular formula is C8H12N2O2S. The molecule has 13 heavy (non-hydrogen) atoms. The highest BCUT2D eigenvalue weighted by Gasteiger charge is 2.11. The van der Waals surface area contributed by atoms with Crippen molar-refractivity contribution in [3.63, 3.8) is 0 Å². The summed E-state index contributed by atoms with van der Waals surface area (Å²) in [6.07, 6.45) is 0. The van der Waals surface area contributed by atoms with E-state index in [-0.39, 0.29) is 4.90 Å². The molecule has 0 bridgehead atoms. The van der Waals surface area contributed by atoms with Crippen molar-refractivity contribution in [1.29, 1.82) is 0 Å². The Balaban J connectivity index is 3.08. The van der Waals surface area contributed by atoms with Crippen LogP contribution in [0, 0.1) is 0 Å². The lowest BCUT2D eigenvalue weighted by Gasteiger charge is -2.04. The predicted octanol–water partition coefficient (Wildman–Crippen LogP) is 0.567. The largest absolute Gasteiger partial charge is 0.399 e. The van der Waals surface area contributed by atoms with Gasteiger partial charge in [-0.15, -0.1) is 0 Å². The van der Waals surface area contributed by atoms with Crippen LogP contribution >= 0.6 is 0 Å². The van der Waals surface area contributed by atoms with Gasteiger partial charge in [0.1, 0.15) is 0 Å². The molecule has 0 aliphatic carbocycles. The molecular weight excluding hydrogens is 188 g/mol. The number of hydrogen-bond donors (Lipinski definition) is 2. The Hall–Kier alpha value is -1.07. The van der Waals surface area contributed by atoms with Crippen LogP contribution in [0.15, 0.2) is 29.2 Å². The Morgan fingerprint density at radius 1 is 1.46 bits per heavy atom. The molecule has 3 N–H and O–H groups in total. The molecule has 5 heteroatoms. The minimum atomic E-state index is -3.36. The third-order valence-corrected chi connectivity index (χ3v) is 3.05. The summed E-state index contributed by atoms with van der Waals surface area (Å²) in [6.45, 7) is 2.10. The van der Waals surface area contributed by atoms with Gasteiger partial charge in [-0.3, -0.25) is 0 Å². The molecule has 0 saturated carbocycles. The minimum Gasteiger partial charge on any atom is -0.399 e. The average molecular weight is 200 g/mol. The molecule has 0 amide bonds. The molecule has 0 aliphatic heterocycles. The Bertz CT molecular complexity index is 387. The zero-order valence-corrected chi connectivity index (χ0v) is 8.14. The monoisotopic (exact) mass is 200 g/mol. The highest BCUT2D eigenvalue weighted by atomic mass is 32.2. The molecule has 0 heterocycles. The molecule has 1 aromatic rings. The molecule has 1 aromatic carbocycles. The van der Waals surface area contributed by atoms with Crippen molar-refractivity contribution in [2.24, 2.45) is 0 Å². The highest BCUT2D eigenvalue weighted by molar-refractivity contribution is 7.89. The van der Waals surface area contributed by atoms with Gasteiger partial charge in [-0.25, -0.2) is 13.1 Å². The maximum Gasteiger partial charge on any atom is 0.240 e. The van der Waals surface area contributed by atoms with Crippen LogP contribution in [0.2, 0.25) is 0 Å². The van der Waals surface area contributed by atoms with Gasteiger partial charge in [0.2, 0.25) is 10.0 Å². The summed E-state index contributed by atoms with van der Waals surface area (Å²) in [5.41, 5.74) is 5.90. The van der Waals surface area contributed by atoms with Crippen molar-refractivity contribution < 1.29 is 8.42 Å². The molecule has 0 aromatic heterocycles. The number of sulfonamides is 1. The second-order valence-corrected chi connectivity index (χ2v) is 4.34. The van der Waals surface area contributed by atoms with Crippen LogP contribution in [0.3, 0.4) is 0 Å². The van der Waals surface area contributed by atoms with E-state index in [1.165, 1.54) is 12.1 Å². The Kier molecular flexibility index (Phi) is 2.90. The molecule has 4 nitrogen and oxygen atoms in total. The van der Waals surface area contributed by atoms with Crippen LogP contribution in [0.4, 0.5) is 5.69 Å². The summed E-state index contributed by atoms with van der Waals surface area (Å²) in [5.74, 6) is 0. The quantitative estimate of drug-likeness (QED) is 0.700. The van der Waals surface area contributed by atoms with Crippen molar-refractivity contribution >= 4 is 15.7 Å². The molecule has 0 spiro atoms. The zero-order chi connectivity index (χ0) is 9.90. The van der Waals surface area contributed by atoms with E-state index in [0.29, 0.717) is 12.2 Å². The van der Waals surface area contributed by atoms with Gasteiger partial charge < -0.3 is 5.73 Å². The molecule has 1 rings (SSSR count). The number of hydrogen-bond acceptors (Lipinski definition) is 3. The predicted molar refractivity (Wildman–Crippen MR) is 51.7 cm³/mol. The maximum absolute atomic E-state index is 11.4. The van der Waals surface area contributed by atoms with Crippen LogP contribution in [-0.2, 0) is 10.0 Å². The van der Waals surface area contributed by atoms with Crippen LogP contribution < -0.4 is 10.5 Å². The van der Waals surface area contributed by atoms with Crippen molar-refractivity contribution in [1.82, 2.24) is 4.72 Å². The first-order chi connectivity index (χ1) is 6.06. The van der Waals surface area contributed by atoms with Crippen molar-refractivity contribution in [2.75, 3.05) is 12.3 Å². The van der Waals surface area contributed by atoms with Gasteiger partial charge in [0.05, 0.1) is 4.90 Å². The lowest BCUT2D eigenvalue weighted by Crippen LogP contribution is -2.23. The molecule has 0 radical (unpaired) electrons. The van der Waals surface area contributed by atoms with E-state index >= 15 is 0 Å². The van der Waals surface area contributed by atoms with E-state index in [1.54, 1.807) is 19.1 Å². The average Bonchev–Trinajstić information content (AvgIpc) is 2.04. The van der Waals surface area contributed by atoms with E-state index in [4.69, 9.17) is 5.73 Å². The van der Waals surface area contributed by atoms with Gasteiger partial charge in [-0.2, -0.15) is 0 Å². The highest BCUT2D eigenvalue weighted by Crippen LogP contribution is 2.11. The lowest BCUT2D eigenvalue weighted by atomic mass is 10.3. The third kappa shape index (κ3) is 2.43. The van der Waals surface area contributed by atoms with Gasteiger partial charge in [0.25, 0.3) is 0 Å². The summed E-state index contributed by atoms with van der Waals surface area (Å²) in [6, 6.07) is 6.19. The Morgan fingerprint density at radius 2 is 2.15 bits per heavy atom. The fourth-order valence-electron chi connectivity index (χ4n) is 0.955. The van der Waals surface area contributed by atoms with Crippen LogP contribution in [-0.4, -0.2) is 15.0 Å². The summed E-state index contributed by atoms with van der Waals surface area (Å²) >= 11 is 0. The smallest absolute Gasteiger partial charge is 0.240 e. The number of nitrogens with two attached hydrogens (primary N) is 1. The van der Waals surface area contributed by atoms with Crippen molar-refractivity contribution in [2.45, 2.75) is 11.8 Å². The Labute approximate surface area is 77.8 Å². The third-order valence-electron chi connectivity index (χ3n) is 1.50. The number of nitrogens with one attached hydrogen (secondary N) is 1. The number of rotatable bonds is 3. The van der Waals surface area contributed by atoms with Gasteiger partial charge in [-0.05, 0) is 18.2 Å². The van der Waals surface area contributed by atoms with Gasteiger partial charge in [0, 0.05) is 12.2 Å². The summed E-state index contributed by atoms with van der Waals surface area (Å²) in [4.78, 5) is 0.203. The fourth-order valence-corrected chi connectivity index (χ4v) is 2.05. The van der Waals surface area contributed by atoms with E-state index < -0.39 is 10.0 Å². The fraction of sp³-hybridized carbons (Fsp3) is 0.250. The van der Waals surface area contributed by atoms with E-state index in [9.17, 15) is 8.42 Å². The number of nitrogen functional groups attached to an aromatic ring is 1. The Morgan fingerprint density at radius 3 is 2.69 bits per heavy atom. The van der Waals surface area contributed by atoms with Crippen LogP contribution in [0.5, 0.6) is 0 Å². The van der Waals surface area contributed by atoms with Crippen molar-refractivity contribution in [3.8, 4) is 0 Å². The number of anilines is 1. The maximum atomic E-state index is 11.4. The second-order valence-electron chi connectivity index (χ2n) is 2.57. The molecule has 72 valence electrons. The molecule has 0 unspecified atom stereocenters. The van der Waals surface area contributed by atoms with E-state index in [0.717, 1.165) is 0 Å². The van der Waals surface area contributed by atoms with Crippen LogP contribution in [0.25, 0.3) is 0 Å². The zero-order valence-electron chi connectivity index (χ0n) is 7.32. The number of benzene rings is 1. The molecule has 0 atom stereocenters. The van der Waals surface area contributed by atoms with Gasteiger partial charge in [-0.1, -0.05) is 13.0 Å². The topological polar surface area (TPSA) is 72.2 Å². The first-order valence-electron chi connectivity index (χ1n) is 3.91. The normalized spacial score (nSPS) is 11.5. The lowest BCUT2D eigenvalue weighted by molar-refractivity contribution is 0.584. The SMILES string of the molecule is CCNS(=O)(=O)c1cccc(N)c1. The molecule has 0 saturated heterocycles. The minimum absolute atomic E-state index is 0.203. The summed E-state index contributed by atoms with van der Waals surface area (Å²) in [7, 11) is -3.36. The molecule has 0 fully saturated rings. The van der Waals surface area contributed by atoms with E-state index in [1.807, 2.05) is 0 Å². The summed E-state index contributed by atoms with van der Waals surface area (Å²) in [5, 5.41) is 0. The van der Waals surface area contributed by atoms with Crippen molar-refractivity contribution in [3.05, 3.63) is 24.3 Å². The summed E-state index contributed by atoms with van der Waals surface area (Å²) < 4.78 is 25.2. The van der Waals surface area contributed by atoms with Gasteiger partial charge >= 0.3 is 0 Å². The molecule has 0 aliphatic rings. The first-order valence-corrected chi connectivity index (χ1v) is 5.40. The van der Waals surface area contributed by atoms with E-state index in [2.05, 4.69) is 4.72 Å². The standard InChI is InChI=1S/C8H12N2O2S/c1-2-10-13(11,12)8-5-3-4-7(9)6-8/h3-6,10H,2,9H2,1H3.